The summed E-state index contributed by atoms with van der Waals surface area (Å²) < 4.78 is 1.76. The number of aromatic nitrogens is 4. The highest BCUT2D eigenvalue weighted by Crippen LogP contribution is 2.14. The molecule has 0 aliphatic heterocycles. The summed E-state index contributed by atoms with van der Waals surface area (Å²) in [5.41, 5.74) is 0. The second-order valence-corrected chi connectivity index (χ2v) is 5.42. The molecule has 19 heavy (non-hydrogen) atoms. The molecule has 0 saturated carbocycles. The average molecular weight is 286 g/mol. The van der Waals surface area contributed by atoms with Gasteiger partial charge in [-0.3, -0.25) is 4.79 Å². The molecule has 0 saturated heterocycles. The molecular formula is C11H22N6OS. The van der Waals surface area contributed by atoms with Crippen LogP contribution < -0.4 is 10.6 Å². The normalized spacial score (nSPS) is 10.9. The lowest BCUT2D eigenvalue weighted by atomic mass is 10.3. The molecule has 1 aromatic heterocycles. The molecule has 0 unspecified atom stereocenters. The van der Waals surface area contributed by atoms with Crippen molar-refractivity contribution in [3.05, 3.63) is 0 Å². The number of thioether (sulfide) groups is 1. The summed E-state index contributed by atoms with van der Waals surface area (Å²) >= 11 is 1.51. The van der Waals surface area contributed by atoms with Gasteiger partial charge in [-0.2, -0.15) is 0 Å². The van der Waals surface area contributed by atoms with E-state index >= 15 is 0 Å². The van der Waals surface area contributed by atoms with Gasteiger partial charge in [0, 0.05) is 24.8 Å². The van der Waals surface area contributed by atoms with Crippen LogP contribution in [0, 0.1) is 0 Å². The molecule has 1 heterocycles. The van der Waals surface area contributed by atoms with E-state index in [1.54, 1.807) is 4.68 Å². The lowest BCUT2D eigenvalue weighted by molar-refractivity contribution is -0.121. The number of hydrogen-bond donors (Lipinski definition) is 2. The van der Waals surface area contributed by atoms with Crippen LogP contribution in [0.3, 0.4) is 0 Å². The maximum absolute atomic E-state index is 11.5. The summed E-state index contributed by atoms with van der Waals surface area (Å²) in [6, 6.07) is 0.183. The molecule has 0 atom stereocenters. The zero-order valence-electron chi connectivity index (χ0n) is 11.7. The fourth-order valence-electron chi connectivity index (χ4n) is 1.43. The molecule has 1 rings (SSSR count). The first kappa shape index (κ1) is 15.9. The molecule has 0 bridgehead atoms. The van der Waals surface area contributed by atoms with Crippen molar-refractivity contribution in [2.24, 2.45) is 0 Å². The number of amides is 1. The van der Waals surface area contributed by atoms with Gasteiger partial charge < -0.3 is 10.6 Å². The van der Waals surface area contributed by atoms with Crippen LogP contribution in [0.15, 0.2) is 5.16 Å². The molecule has 0 fully saturated rings. The smallest absolute Gasteiger partial charge is 0.221 e. The van der Waals surface area contributed by atoms with Gasteiger partial charge in [-0.25, -0.2) is 4.68 Å². The minimum Gasteiger partial charge on any atom is -0.354 e. The summed E-state index contributed by atoms with van der Waals surface area (Å²) in [6.45, 7) is 8.46. The minimum atomic E-state index is 0.0641. The molecule has 8 heteroatoms. The van der Waals surface area contributed by atoms with Crippen molar-refractivity contribution in [2.45, 2.75) is 44.9 Å². The van der Waals surface area contributed by atoms with Crippen molar-refractivity contribution >= 4 is 17.7 Å². The fraction of sp³-hybridized carbons (Fsp3) is 0.818. The fourth-order valence-corrected chi connectivity index (χ4v) is 2.27. The van der Waals surface area contributed by atoms with Crippen molar-refractivity contribution < 1.29 is 4.79 Å². The largest absolute Gasteiger partial charge is 0.354 e. The second-order valence-electron chi connectivity index (χ2n) is 4.36. The molecule has 0 spiro atoms. The zero-order chi connectivity index (χ0) is 14.1. The van der Waals surface area contributed by atoms with Crippen molar-refractivity contribution in [2.75, 3.05) is 18.8 Å². The Hall–Kier alpha value is -1.15. The van der Waals surface area contributed by atoms with Gasteiger partial charge >= 0.3 is 0 Å². The molecule has 0 aromatic carbocycles. The number of tetrazole rings is 1. The zero-order valence-corrected chi connectivity index (χ0v) is 12.5. The van der Waals surface area contributed by atoms with Crippen molar-refractivity contribution in [3.63, 3.8) is 0 Å². The van der Waals surface area contributed by atoms with Crippen LogP contribution >= 0.6 is 11.8 Å². The molecule has 7 nitrogen and oxygen atoms in total. The van der Waals surface area contributed by atoms with Crippen molar-refractivity contribution in [1.29, 1.82) is 0 Å². The number of nitrogens with one attached hydrogen (secondary N) is 2. The first-order valence-corrected chi connectivity index (χ1v) is 7.51. The number of nitrogens with zero attached hydrogens (tertiary/aromatic N) is 4. The van der Waals surface area contributed by atoms with E-state index in [0.29, 0.717) is 12.2 Å². The third kappa shape index (κ3) is 6.53. The molecular weight excluding hydrogens is 264 g/mol. The Labute approximate surface area is 117 Å². The van der Waals surface area contributed by atoms with Gasteiger partial charge in [0.1, 0.15) is 0 Å². The second kappa shape index (κ2) is 8.87. The molecule has 0 aliphatic carbocycles. The SMILES string of the molecule is CCNCCn1nnnc1SCCC(=O)NC(C)C. The van der Waals surface area contributed by atoms with Gasteiger partial charge in [-0.1, -0.05) is 18.7 Å². The van der Waals surface area contributed by atoms with Crippen LogP contribution in [0.2, 0.25) is 0 Å². The molecule has 0 radical (unpaired) electrons. The summed E-state index contributed by atoms with van der Waals surface area (Å²) in [4.78, 5) is 11.5. The van der Waals surface area contributed by atoms with E-state index in [1.165, 1.54) is 11.8 Å². The van der Waals surface area contributed by atoms with E-state index < -0.39 is 0 Å². The lowest BCUT2D eigenvalue weighted by Crippen LogP contribution is -2.30. The number of likely N-dealkylation sites (N-methyl/N-ethyl adjacent to an activating group) is 1. The van der Waals surface area contributed by atoms with Crippen LogP contribution in [0.25, 0.3) is 0 Å². The Morgan fingerprint density at radius 1 is 1.47 bits per heavy atom. The highest BCUT2D eigenvalue weighted by atomic mass is 32.2. The third-order valence-electron chi connectivity index (χ3n) is 2.26. The van der Waals surface area contributed by atoms with E-state index in [0.717, 1.165) is 24.8 Å². The van der Waals surface area contributed by atoms with Crippen molar-refractivity contribution in [1.82, 2.24) is 30.8 Å². The van der Waals surface area contributed by atoms with Crippen LogP contribution in [-0.4, -0.2) is 51.0 Å². The molecule has 1 aromatic rings. The number of carbonyl (C=O) groups excluding carboxylic acids is 1. The van der Waals surface area contributed by atoms with Crippen LogP contribution in [0.4, 0.5) is 0 Å². The van der Waals surface area contributed by atoms with E-state index in [-0.39, 0.29) is 11.9 Å². The van der Waals surface area contributed by atoms with Gasteiger partial charge in [0.25, 0.3) is 0 Å². The quantitative estimate of drug-likeness (QED) is 0.501. The predicted octanol–water partition coefficient (Wildman–Crippen LogP) is 0.289. The van der Waals surface area contributed by atoms with E-state index in [9.17, 15) is 4.79 Å². The lowest BCUT2D eigenvalue weighted by Gasteiger charge is -2.08. The maximum Gasteiger partial charge on any atom is 0.221 e. The summed E-state index contributed by atoms with van der Waals surface area (Å²) in [6.07, 6.45) is 0.475. The Kier molecular flexibility index (Phi) is 7.42. The number of carbonyl (C=O) groups is 1. The number of hydrogen-bond acceptors (Lipinski definition) is 6. The minimum absolute atomic E-state index is 0.0641. The van der Waals surface area contributed by atoms with Gasteiger partial charge in [-0.05, 0) is 30.8 Å². The average Bonchev–Trinajstić information content (AvgIpc) is 2.76. The van der Waals surface area contributed by atoms with E-state index in [2.05, 4.69) is 33.1 Å². The topological polar surface area (TPSA) is 84.7 Å². The predicted molar refractivity (Wildman–Crippen MR) is 75.0 cm³/mol. The van der Waals surface area contributed by atoms with Crippen molar-refractivity contribution in [3.8, 4) is 0 Å². The van der Waals surface area contributed by atoms with Crippen LogP contribution in [0.5, 0.6) is 0 Å². The van der Waals surface area contributed by atoms with Gasteiger partial charge in [0.2, 0.25) is 11.1 Å². The van der Waals surface area contributed by atoms with Gasteiger partial charge in [0.05, 0.1) is 6.54 Å². The Balaban J connectivity index is 2.29. The number of rotatable bonds is 9. The third-order valence-corrected chi connectivity index (χ3v) is 3.22. The maximum atomic E-state index is 11.5. The van der Waals surface area contributed by atoms with E-state index in [4.69, 9.17) is 0 Å². The Morgan fingerprint density at radius 2 is 2.26 bits per heavy atom. The van der Waals surface area contributed by atoms with Crippen LogP contribution in [-0.2, 0) is 11.3 Å². The Bertz CT molecular complexity index is 381. The van der Waals surface area contributed by atoms with Gasteiger partial charge in [-0.15, -0.1) is 5.10 Å². The summed E-state index contributed by atoms with van der Waals surface area (Å²) in [7, 11) is 0. The first-order chi connectivity index (χ1) is 9.13. The molecule has 2 N–H and O–H groups in total. The Morgan fingerprint density at radius 3 is 2.95 bits per heavy atom. The standard InChI is InChI=1S/C11H22N6OS/c1-4-12-6-7-17-11(14-15-16-17)19-8-5-10(18)13-9(2)3/h9,12H,4-8H2,1-3H3,(H,13,18). The highest BCUT2D eigenvalue weighted by molar-refractivity contribution is 7.99. The first-order valence-electron chi connectivity index (χ1n) is 6.52. The van der Waals surface area contributed by atoms with Crippen LogP contribution in [0.1, 0.15) is 27.2 Å². The molecule has 108 valence electrons. The summed E-state index contributed by atoms with van der Waals surface area (Å²) in [5, 5.41) is 18.4. The van der Waals surface area contributed by atoms with E-state index in [1.807, 2.05) is 13.8 Å². The van der Waals surface area contributed by atoms with Gasteiger partial charge in [0.15, 0.2) is 0 Å². The highest BCUT2D eigenvalue weighted by Gasteiger charge is 2.08. The summed E-state index contributed by atoms with van der Waals surface area (Å²) in [5.74, 6) is 0.745. The molecule has 0 aliphatic rings. The molecule has 1 amide bonds. The monoisotopic (exact) mass is 286 g/mol.